The van der Waals surface area contributed by atoms with E-state index in [0.29, 0.717) is 46.6 Å². The van der Waals surface area contributed by atoms with Crippen LogP contribution in [-0.2, 0) is 4.79 Å². The van der Waals surface area contributed by atoms with Gasteiger partial charge in [-0.2, -0.15) is 0 Å². The van der Waals surface area contributed by atoms with Gasteiger partial charge in [-0.05, 0) is 72.6 Å². The lowest BCUT2D eigenvalue weighted by molar-refractivity contribution is -0.128. The summed E-state index contributed by atoms with van der Waals surface area (Å²) in [5, 5.41) is 2.79. The molecule has 8 heteroatoms. The summed E-state index contributed by atoms with van der Waals surface area (Å²) < 4.78 is 26.8. The van der Waals surface area contributed by atoms with Crippen molar-refractivity contribution in [2.75, 3.05) is 13.1 Å². The van der Waals surface area contributed by atoms with Crippen molar-refractivity contribution in [2.24, 2.45) is 0 Å². The van der Waals surface area contributed by atoms with Crippen LogP contribution in [0.15, 0.2) is 60.7 Å². The first-order valence-corrected chi connectivity index (χ1v) is 10.5. The van der Waals surface area contributed by atoms with E-state index >= 15 is 0 Å². The Bertz CT molecular complexity index is 1380. The van der Waals surface area contributed by atoms with E-state index in [1.807, 2.05) is 0 Å². The standard InChI is InChI=1S/C25H20F2N4O2/c1-14-12-18(27)7-8-19(14)22-24(32)28-10-11-31(22)25(33)16-4-9-20-21(13-16)30-23(29-20)15-2-5-17(26)6-3-15/h2-9,12-13,22H,10-11H2,1H3,(H,28,32)(H,29,30). The van der Waals surface area contributed by atoms with Crippen LogP contribution in [0, 0.1) is 18.6 Å². The molecular formula is C25H20F2N4O2. The van der Waals surface area contributed by atoms with Crippen LogP contribution < -0.4 is 5.32 Å². The van der Waals surface area contributed by atoms with Crippen molar-refractivity contribution in [3.63, 3.8) is 0 Å². The Kier molecular flexibility index (Phi) is 5.12. The highest BCUT2D eigenvalue weighted by atomic mass is 19.1. The molecule has 0 saturated carbocycles. The van der Waals surface area contributed by atoms with Crippen molar-refractivity contribution in [1.29, 1.82) is 0 Å². The first-order valence-electron chi connectivity index (χ1n) is 10.5. The highest BCUT2D eigenvalue weighted by Gasteiger charge is 2.35. The van der Waals surface area contributed by atoms with E-state index in [0.717, 1.165) is 5.56 Å². The molecule has 1 aromatic heterocycles. The number of benzene rings is 3. The van der Waals surface area contributed by atoms with Gasteiger partial charge in [-0.15, -0.1) is 0 Å². The minimum absolute atomic E-state index is 0.300. The van der Waals surface area contributed by atoms with Crippen LogP contribution in [0.3, 0.4) is 0 Å². The Balaban J connectivity index is 1.49. The lowest BCUT2D eigenvalue weighted by Crippen LogP contribution is -2.52. The smallest absolute Gasteiger partial charge is 0.254 e. The lowest BCUT2D eigenvalue weighted by Gasteiger charge is -2.36. The van der Waals surface area contributed by atoms with Crippen LogP contribution in [0.2, 0.25) is 0 Å². The van der Waals surface area contributed by atoms with Crippen molar-refractivity contribution in [2.45, 2.75) is 13.0 Å². The van der Waals surface area contributed by atoms with Crippen LogP contribution in [0.5, 0.6) is 0 Å². The number of hydrogen-bond donors (Lipinski definition) is 2. The van der Waals surface area contributed by atoms with Crippen molar-refractivity contribution in [3.8, 4) is 11.4 Å². The van der Waals surface area contributed by atoms with Crippen LogP contribution in [-0.4, -0.2) is 39.8 Å². The van der Waals surface area contributed by atoms with Gasteiger partial charge in [0.05, 0.1) is 11.0 Å². The van der Waals surface area contributed by atoms with E-state index in [-0.39, 0.29) is 17.6 Å². The second-order valence-electron chi connectivity index (χ2n) is 8.02. The highest BCUT2D eigenvalue weighted by Crippen LogP contribution is 2.29. The number of H-pyrrole nitrogens is 1. The molecule has 0 spiro atoms. The predicted molar refractivity (Wildman–Crippen MR) is 119 cm³/mol. The van der Waals surface area contributed by atoms with Crippen molar-refractivity contribution in [3.05, 3.63) is 89.0 Å². The zero-order chi connectivity index (χ0) is 23.1. The van der Waals surface area contributed by atoms with Crippen LogP contribution in [0.25, 0.3) is 22.4 Å². The molecule has 2 N–H and O–H groups in total. The molecule has 2 amide bonds. The topological polar surface area (TPSA) is 78.1 Å². The van der Waals surface area contributed by atoms with Gasteiger partial charge in [0, 0.05) is 24.2 Å². The van der Waals surface area contributed by atoms with E-state index in [4.69, 9.17) is 0 Å². The fourth-order valence-corrected chi connectivity index (χ4v) is 4.19. The summed E-state index contributed by atoms with van der Waals surface area (Å²) in [7, 11) is 0. The maximum atomic E-state index is 13.6. The fourth-order valence-electron chi connectivity index (χ4n) is 4.19. The summed E-state index contributed by atoms with van der Waals surface area (Å²) in [5.74, 6) is -0.776. The van der Waals surface area contributed by atoms with Gasteiger partial charge >= 0.3 is 0 Å². The largest absolute Gasteiger partial charge is 0.352 e. The van der Waals surface area contributed by atoms with Crippen molar-refractivity contribution < 1.29 is 18.4 Å². The van der Waals surface area contributed by atoms with Gasteiger partial charge in [-0.25, -0.2) is 13.8 Å². The number of rotatable bonds is 3. The van der Waals surface area contributed by atoms with Gasteiger partial charge in [0.15, 0.2) is 0 Å². The summed E-state index contributed by atoms with van der Waals surface area (Å²) in [5.41, 5.74) is 3.62. The zero-order valence-electron chi connectivity index (χ0n) is 17.7. The number of carbonyl (C=O) groups is 2. The Morgan fingerprint density at radius 3 is 2.55 bits per heavy atom. The second-order valence-corrected chi connectivity index (χ2v) is 8.02. The van der Waals surface area contributed by atoms with Gasteiger partial charge in [-0.1, -0.05) is 6.07 Å². The molecular weight excluding hydrogens is 426 g/mol. The van der Waals surface area contributed by atoms with Crippen LogP contribution in [0.1, 0.15) is 27.5 Å². The molecule has 5 rings (SSSR count). The fraction of sp³-hybridized carbons (Fsp3) is 0.160. The summed E-state index contributed by atoms with van der Waals surface area (Å²) in [4.78, 5) is 35.4. The molecule has 4 aromatic rings. The van der Waals surface area contributed by atoms with E-state index in [1.165, 1.54) is 29.2 Å². The number of nitrogens with zero attached hydrogens (tertiary/aromatic N) is 2. The van der Waals surface area contributed by atoms with Crippen molar-refractivity contribution in [1.82, 2.24) is 20.2 Å². The third-order valence-electron chi connectivity index (χ3n) is 5.85. The average Bonchev–Trinajstić information content (AvgIpc) is 3.23. The maximum Gasteiger partial charge on any atom is 0.254 e. The molecule has 0 radical (unpaired) electrons. The molecule has 1 aliphatic rings. The number of nitrogens with one attached hydrogen (secondary N) is 2. The van der Waals surface area contributed by atoms with Gasteiger partial charge in [0.1, 0.15) is 23.5 Å². The number of carbonyl (C=O) groups excluding carboxylic acids is 2. The molecule has 1 fully saturated rings. The summed E-state index contributed by atoms with van der Waals surface area (Å²) in [6.45, 7) is 2.38. The highest BCUT2D eigenvalue weighted by molar-refractivity contribution is 6.01. The first-order chi connectivity index (χ1) is 15.9. The number of amides is 2. The Hall–Kier alpha value is -4.07. The monoisotopic (exact) mass is 446 g/mol. The van der Waals surface area contributed by atoms with Crippen molar-refractivity contribution >= 4 is 22.8 Å². The molecule has 0 bridgehead atoms. The minimum atomic E-state index is -0.848. The number of aryl methyl sites for hydroxylation is 1. The van der Waals surface area contributed by atoms with Crippen LogP contribution >= 0.6 is 0 Å². The van der Waals surface area contributed by atoms with Gasteiger partial charge in [-0.3, -0.25) is 9.59 Å². The second kappa shape index (κ2) is 8.12. The van der Waals surface area contributed by atoms with E-state index in [2.05, 4.69) is 15.3 Å². The first kappa shape index (κ1) is 20.8. The number of aromatic nitrogens is 2. The summed E-state index contributed by atoms with van der Waals surface area (Å²) in [6, 6.07) is 14.4. The molecule has 1 aliphatic heterocycles. The number of imidazole rings is 1. The third-order valence-corrected chi connectivity index (χ3v) is 5.85. The molecule has 3 aromatic carbocycles. The van der Waals surface area contributed by atoms with Gasteiger partial charge in [0.25, 0.3) is 5.91 Å². The quantitative estimate of drug-likeness (QED) is 0.497. The van der Waals surface area contributed by atoms with Gasteiger partial charge in [0.2, 0.25) is 5.91 Å². The van der Waals surface area contributed by atoms with Gasteiger partial charge < -0.3 is 15.2 Å². The number of aromatic amines is 1. The lowest BCUT2D eigenvalue weighted by atomic mass is 9.96. The molecule has 0 aliphatic carbocycles. The van der Waals surface area contributed by atoms with Crippen LogP contribution in [0.4, 0.5) is 8.78 Å². The normalized spacial score (nSPS) is 16.2. The summed E-state index contributed by atoms with van der Waals surface area (Å²) in [6.07, 6.45) is 0. The Labute approximate surface area is 188 Å². The number of fused-ring (bicyclic) bond motifs is 1. The maximum absolute atomic E-state index is 13.6. The third kappa shape index (κ3) is 3.84. The number of hydrogen-bond acceptors (Lipinski definition) is 3. The molecule has 6 nitrogen and oxygen atoms in total. The molecule has 166 valence electrons. The van der Waals surface area contributed by atoms with E-state index < -0.39 is 11.9 Å². The number of halogens is 2. The average molecular weight is 446 g/mol. The summed E-state index contributed by atoms with van der Waals surface area (Å²) >= 11 is 0. The van der Waals surface area contributed by atoms with E-state index in [9.17, 15) is 18.4 Å². The SMILES string of the molecule is Cc1cc(F)ccc1C1C(=O)NCCN1C(=O)c1ccc2nc(-c3ccc(F)cc3)[nH]c2c1. The predicted octanol–water partition coefficient (Wildman–Crippen LogP) is 4.13. The Morgan fingerprint density at radius 2 is 1.79 bits per heavy atom. The molecule has 1 atom stereocenters. The molecule has 1 unspecified atom stereocenters. The Morgan fingerprint density at radius 1 is 1.03 bits per heavy atom. The minimum Gasteiger partial charge on any atom is -0.352 e. The molecule has 2 heterocycles. The molecule has 33 heavy (non-hydrogen) atoms. The zero-order valence-corrected chi connectivity index (χ0v) is 17.7. The molecule has 1 saturated heterocycles. The number of piperazine rings is 1. The van der Waals surface area contributed by atoms with E-state index in [1.54, 1.807) is 43.3 Å².